The SMILES string of the molecule is Cc1ccc(Oc2ccc(C(c3ccc(Oc4ccc(N5C(=O)c6ccc(C(C)(c7ccc8c(c7)C(=O)N(C)C8=O)C(F)(F)F)cc6C5=O)cc4)cc3)(C(F)(F)F)C(F)(F)F)cc2)cc1. The Labute approximate surface area is 363 Å². The Kier molecular flexibility index (Phi) is 10.5. The van der Waals surface area contributed by atoms with Crippen LogP contribution in [-0.2, 0) is 10.8 Å². The minimum Gasteiger partial charge on any atom is -0.457 e. The van der Waals surface area contributed by atoms with Crippen LogP contribution in [0.2, 0.25) is 0 Å². The molecule has 6 aromatic rings. The Bertz CT molecular complexity index is 2880. The number of ether oxygens (including phenoxy) is 2. The molecule has 0 saturated carbocycles. The lowest BCUT2D eigenvalue weighted by atomic mass is 9.73. The van der Waals surface area contributed by atoms with E-state index < -0.39 is 75.2 Å². The number of rotatable bonds is 9. The third-order valence-electron chi connectivity index (χ3n) is 11.7. The predicted octanol–water partition coefficient (Wildman–Crippen LogP) is 11.9. The first-order valence-electron chi connectivity index (χ1n) is 19.4. The van der Waals surface area contributed by atoms with Crippen LogP contribution in [0.15, 0.2) is 133 Å². The van der Waals surface area contributed by atoms with Crippen LogP contribution >= 0.6 is 0 Å². The van der Waals surface area contributed by atoms with Gasteiger partial charge in [0, 0.05) is 7.05 Å². The molecule has 2 aliphatic rings. The van der Waals surface area contributed by atoms with Gasteiger partial charge < -0.3 is 9.47 Å². The normalized spacial score (nSPS) is 15.3. The van der Waals surface area contributed by atoms with E-state index in [4.69, 9.17) is 9.47 Å². The summed E-state index contributed by atoms with van der Waals surface area (Å²) in [5.41, 5.74) is -10.3. The van der Waals surface area contributed by atoms with Crippen molar-refractivity contribution < 1.29 is 68.2 Å². The van der Waals surface area contributed by atoms with E-state index in [1.807, 2.05) is 6.92 Å². The first kappa shape index (κ1) is 44.2. The number of fused-ring (bicyclic) bond motifs is 2. The number of amides is 4. The van der Waals surface area contributed by atoms with E-state index in [0.717, 1.165) is 78.1 Å². The number of carbonyl (C=O) groups excluding carboxylic acids is 4. The molecule has 4 amide bonds. The standard InChI is InChI=1S/C48H31F9N2O6/c1-26-4-14-32(15-5-26)64-33-16-6-27(7-17-33)45(47(52,53)54,48(55,56)57)28-8-18-34(19-9-28)65-35-20-12-31(13-21-35)59-42(62)37-23-11-30(25-39(37)43(59)63)44(2,46(49,50)51)29-10-22-36-38(24-29)41(61)58(3)40(36)60/h4-25H,1-3H3. The zero-order chi connectivity index (χ0) is 47.0. The molecule has 1 unspecified atom stereocenters. The number of aryl methyl sites for hydroxylation is 1. The molecule has 0 saturated heterocycles. The van der Waals surface area contributed by atoms with Gasteiger partial charge in [0.15, 0.2) is 0 Å². The van der Waals surface area contributed by atoms with Crippen molar-refractivity contribution in [3.8, 4) is 23.0 Å². The van der Waals surface area contributed by atoms with Crippen LogP contribution in [0.3, 0.4) is 0 Å². The summed E-state index contributed by atoms with van der Waals surface area (Å²) < 4.78 is 145. The van der Waals surface area contributed by atoms with Crippen LogP contribution in [0, 0.1) is 6.92 Å². The molecule has 2 aliphatic heterocycles. The molecular weight excluding hydrogens is 872 g/mol. The summed E-state index contributed by atoms with van der Waals surface area (Å²) in [4.78, 5) is 53.8. The molecule has 0 radical (unpaired) electrons. The van der Waals surface area contributed by atoms with Crippen molar-refractivity contribution in [1.82, 2.24) is 4.90 Å². The van der Waals surface area contributed by atoms with Crippen LogP contribution in [0.4, 0.5) is 45.2 Å². The summed E-state index contributed by atoms with van der Waals surface area (Å²) in [6.07, 6.45) is -16.7. The van der Waals surface area contributed by atoms with Crippen LogP contribution in [0.1, 0.15) is 76.2 Å². The highest BCUT2D eigenvalue weighted by molar-refractivity contribution is 6.34. The second-order valence-corrected chi connectivity index (χ2v) is 15.6. The van der Waals surface area contributed by atoms with Crippen LogP contribution in [0.25, 0.3) is 0 Å². The zero-order valence-corrected chi connectivity index (χ0v) is 33.9. The lowest BCUT2D eigenvalue weighted by Crippen LogP contribution is -2.54. The maximum atomic E-state index is 15.0. The van der Waals surface area contributed by atoms with Crippen molar-refractivity contribution >= 4 is 29.3 Å². The largest absolute Gasteiger partial charge is 0.457 e. The molecule has 17 heteroatoms. The molecule has 0 bridgehead atoms. The number of halogens is 9. The Morgan fingerprint density at radius 2 is 0.754 bits per heavy atom. The Morgan fingerprint density at radius 1 is 0.415 bits per heavy atom. The van der Waals surface area contributed by atoms with E-state index in [1.165, 1.54) is 31.3 Å². The molecule has 0 spiro atoms. The molecule has 332 valence electrons. The quantitative estimate of drug-likeness (QED) is 0.106. The summed E-state index contributed by atoms with van der Waals surface area (Å²) in [6.45, 7) is 2.67. The Balaban J connectivity index is 1.03. The van der Waals surface area contributed by atoms with Gasteiger partial charge in [-0.05, 0) is 121 Å². The molecule has 8 rings (SSSR count). The smallest absolute Gasteiger partial charge is 0.411 e. The van der Waals surface area contributed by atoms with E-state index in [1.54, 1.807) is 24.3 Å². The molecule has 65 heavy (non-hydrogen) atoms. The minimum atomic E-state index is -5.86. The van der Waals surface area contributed by atoms with Gasteiger partial charge in [0.25, 0.3) is 23.6 Å². The molecule has 0 aromatic heterocycles. The van der Waals surface area contributed by atoms with E-state index in [0.29, 0.717) is 34.9 Å². The van der Waals surface area contributed by atoms with Crippen molar-refractivity contribution in [3.63, 3.8) is 0 Å². The third-order valence-corrected chi connectivity index (χ3v) is 11.7. The van der Waals surface area contributed by atoms with Gasteiger partial charge in [0.05, 0.1) is 27.9 Å². The molecule has 0 aliphatic carbocycles. The van der Waals surface area contributed by atoms with Crippen molar-refractivity contribution in [1.29, 1.82) is 0 Å². The fourth-order valence-electron chi connectivity index (χ4n) is 8.02. The first-order valence-corrected chi connectivity index (χ1v) is 19.4. The predicted molar refractivity (Wildman–Crippen MR) is 216 cm³/mol. The lowest BCUT2D eigenvalue weighted by molar-refractivity contribution is -0.288. The van der Waals surface area contributed by atoms with Crippen molar-refractivity contribution in [3.05, 3.63) is 184 Å². The van der Waals surface area contributed by atoms with Crippen LogP contribution < -0.4 is 14.4 Å². The summed E-state index contributed by atoms with van der Waals surface area (Å²) in [6, 6.07) is 24.4. The number of carbonyl (C=O) groups is 4. The second-order valence-electron chi connectivity index (χ2n) is 15.6. The van der Waals surface area contributed by atoms with Gasteiger partial charge in [-0.25, -0.2) is 4.90 Å². The van der Waals surface area contributed by atoms with Crippen molar-refractivity contribution in [2.45, 2.75) is 43.2 Å². The van der Waals surface area contributed by atoms with Gasteiger partial charge in [0.1, 0.15) is 28.4 Å². The maximum absolute atomic E-state index is 15.0. The van der Waals surface area contributed by atoms with Gasteiger partial charge in [-0.1, -0.05) is 54.1 Å². The zero-order valence-electron chi connectivity index (χ0n) is 33.9. The van der Waals surface area contributed by atoms with Crippen LogP contribution in [0.5, 0.6) is 23.0 Å². The maximum Gasteiger partial charge on any atom is 0.411 e. The summed E-state index contributed by atoms with van der Waals surface area (Å²) in [5.74, 6) is -3.15. The fraction of sp³-hybridized carbons (Fsp3) is 0.167. The summed E-state index contributed by atoms with van der Waals surface area (Å²) >= 11 is 0. The molecule has 0 N–H and O–H groups in total. The van der Waals surface area contributed by atoms with Gasteiger partial charge >= 0.3 is 18.5 Å². The first-order chi connectivity index (χ1) is 30.5. The summed E-state index contributed by atoms with van der Waals surface area (Å²) in [7, 11) is 1.20. The second kappa shape index (κ2) is 15.4. The van der Waals surface area contributed by atoms with Crippen molar-refractivity contribution in [2.75, 3.05) is 11.9 Å². The van der Waals surface area contributed by atoms with Crippen molar-refractivity contribution in [2.24, 2.45) is 0 Å². The minimum absolute atomic E-state index is 0.00698. The fourth-order valence-corrected chi connectivity index (χ4v) is 8.02. The molecular formula is C48H31F9N2O6. The third kappa shape index (κ3) is 7.14. The van der Waals surface area contributed by atoms with Gasteiger partial charge in [-0.3, -0.25) is 24.1 Å². The monoisotopic (exact) mass is 902 g/mol. The average molecular weight is 903 g/mol. The number of imide groups is 2. The topological polar surface area (TPSA) is 93.2 Å². The highest BCUT2D eigenvalue weighted by Gasteiger charge is 2.72. The number of hydrogen-bond acceptors (Lipinski definition) is 6. The van der Waals surface area contributed by atoms with E-state index >= 15 is 13.2 Å². The average Bonchev–Trinajstić information content (AvgIpc) is 3.63. The number of benzene rings is 6. The number of alkyl halides is 9. The highest BCUT2D eigenvalue weighted by atomic mass is 19.4. The van der Waals surface area contributed by atoms with E-state index in [-0.39, 0.29) is 45.2 Å². The number of anilines is 1. The number of nitrogens with zero attached hydrogens (tertiary/aromatic N) is 2. The summed E-state index contributed by atoms with van der Waals surface area (Å²) in [5, 5.41) is 0. The van der Waals surface area contributed by atoms with E-state index in [2.05, 4.69) is 0 Å². The van der Waals surface area contributed by atoms with E-state index in [9.17, 15) is 45.5 Å². The van der Waals surface area contributed by atoms with Crippen LogP contribution in [-0.4, -0.2) is 54.1 Å². The number of hydrogen-bond donors (Lipinski definition) is 0. The van der Waals surface area contributed by atoms with Gasteiger partial charge in [0.2, 0.25) is 5.41 Å². The molecule has 2 heterocycles. The molecule has 8 nitrogen and oxygen atoms in total. The Morgan fingerprint density at radius 3 is 1.17 bits per heavy atom. The molecule has 1 atom stereocenters. The molecule has 0 fully saturated rings. The highest BCUT2D eigenvalue weighted by Crippen LogP contribution is 2.57. The Hall–Kier alpha value is -7.43. The lowest BCUT2D eigenvalue weighted by Gasteiger charge is -2.38. The molecule has 6 aromatic carbocycles. The van der Waals surface area contributed by atoms with Gasteiger partial charge in [-0.2, -0.15) is 39.5 Å². The van der Waals surface area contributed by atoms with Gasteiger partial charge in [-0.15, -0.1) is 0 Å².